The zero-order chi connectivity index (χ0) is 17.4. The zero-order valence-electron chi connectivity index (χ0n) is 14.5. The molecule has 5 heteroatoms. The molecular weight excluding hydrogens is 303 g/mol. The number of rotatable bonds is 6. The molecule has 0 aliphatic carbocycles. The average Bonchev–Trinajstić information content (AvgIpc) is 2.57. The van der Waals surface area contributed by atoms with E-state index in [1.54, 1.807) is 19.2 Å². The lowest BCUT2D eigenvalue weighted by atomic mass is 10.1. The minimum Gasteiger partial charge on any atom is -0.352 e. The number of hydrogen-bond donors (Lipinski definition) is 2. The van der Waals surface area contributed by atoms with Crippen molar-refractivity contribution in [1.82, 2.24) is 15.5 Å². The summed E-state index contributed by atoms with van der Waals surface area (Å²) in [5, 5.41) is 6.43. The molecule has 0 atom stereocenters. The highest BCUT2D eigenvalue weighted by atomic mass is 19.1. The Labute approximate surface area is 143 Å². The normalized spacial score (nSPS) is 11.6. The van der Waals surface area contributed by atoms with E-state index in [0.717, 1.165) is 6.54 Å². The van der Waals surface area contributed by atoms with E-state index in [9.17, 15) is 4.39 Å². The quantitative estimate of drug-likeness (QED) is 0.633. The molecule has 4 nitrogen and oxygen atoms in total. The molecule has 0 radical (unpaired) electrons. The van der Waals surface area contributed by atoms with Crippen molar-refractivity contribution in [3.63, 3.8) is 0 Å². The van der Waals surface area contributed by atoms with Crippen molar-refractivity contribution in [3.05, 3.63) is 71.0 Å². The van der Waals surface area contributed by atoms with E-state index < -0.39 is 0 Å². The van der Waals surface area contributed by atoms with Crippen LogP contribution in [0.4, 0.5) is 4.39 Å². The van der Waals surface area contributed by atoms with Gasteiger partial charge in [-0.05, 0) is 31.3 Å². The SMILES string of the molecule is CN=C(NCc1ccccc1F)NCc1ccccc1CN(C)C. The largest absolute Gasteiger partial charge is 0.352 e. The second-order valence-corrected chi connectivity index (χ2v) is 5.88. The van der Waals surface area contributed by atoms with E-state index in [-0.39, 0.29) is 5.82 Å². The lowest BCUT2D eigenvalue weighted by Crippen LogP contribution is -2.36. The van der Waals surface area contributed by atoms with Crippen LogP contribution in [0.2, 0.25) is 0 Å². The molecule has 2 rings (SSSR count). The number of nitrogens with zero attached hydrogens (tertiary/aromatic N) is 2. The number of halogens is 1. The minimum absolute atomic E-state index is 0.211. The van der Waals surface area contributed by atoms with Crippen molar-refractivity contribution in [3.8, 4) is 0 Å². The van der Waals surface area contributed by atoms with E-state index >= 15 is 0 Å². The summed E-state index contributed by atoms with van der Waals surface area (Å²) in [5.74, 6) is 0.440. The second kappa shape index (κ2) is 9.03. The number of aliphatic imine (C=N–C) groups is 1. The fraction of sp³-hybridized carbons (Fsp3) is 0.316. The lowest BCUT2D eigenvalue weighted by molar-refractivity contribution is 0.400. The van der Waals surface area contributed by atoms with Crippen LogP contribution in [0.25, 0.3) is 0 Å². The van der Waals surface area contributed by atoms with E-state index in [1.807, 2.05) is 18.2 Å². The Morgan fingerprint density at radius 3 is 2.04 bits per heavy atom. The molecule has 24 heavy (non-hydrogen) atoms. The molecule has 0 aliphatic heterocycles. The third-order valence-corrected chi connectivity index (χ3v) is 3.68. The van der Waals surface area contributed by atoms with Crippen LogP contribution in [0, 0.1) is 5.82 Å². The van der Waals surface area contributed by atoms with Crippen LogP contribution in [0.1, 0.15) is 16.7 Å². The molecule has 0 unspecified atom stereocenters. The minimum atomic E-state index is -0.211. The van der Waals surface area contributed by atoms with Crippen LogP contribution in [-0.2, 0) is 19.6 Å². The Balaban J connectivity index is 1.94. The summed E-state index contributed by atoms with van der Waals surface area (Å²) in [6.07, 6.45) is 0. The average molecular weight is 328 g/mol. The Morgan fingerprint density at radius 2 is 1.46 bits per heavy atom. The first-order valence-corrected chi connectivity index (χ1v) is 7.99. The van der Waals surface area contributed by atoms with Gasteiger partial charge in [-0.15, -0.1) is 0 Å². The summed E-state index contributed by atoms with van der Waals surface area (Å²) in [6.45, 7) is 1.95. The third-order valence-electron chi connectivity index (χ3n) is 3.68. The van der Waals surface area contributed by atoms with Gasteiger partial charge in [0.15, 0.2) is 5.96 Å². The molecule has 0 aliphatic rings. The summed E-state index contributed by atoms with van der Waals surface area (Å²) >= 11 is 0. The van der Waals surface area contributed by atoms with Gasteiger partial charge in [0.25, 0.3) is 0 Å². The standard InChI is InChI=1S/C19H25FN4/c1-21-19(23-13-16-9-6-7-11-18(16)20)22-12-15-8-4-5-10-17(15)14-24(2)3/h4-11H,12-14H2,1-3H3,(H2,21,22,23). The van der Waals surface area contributed by atoms with Gasteiger partial charge in [0.1, 0.15) is 5.82 Å². The van der Waals surface area contributed by atoms with E-state index in [2.05, 4.69) is 46.8 Å². The Bertz CT molecular complexity index is 683. The molecule has 2 N–H and O–H groups in total. The summed E-state index contributed by atoms with van der Waals surface area (Å²) < 4.78 is 13.7. The van der Waals surface area contributed by atoms with Gasteiger partial charge in [-0.2, -0.15) is 0 Å². The molecule has 0 amide bonds. The smallest absolute Gasteiger partial charge is 0.191 e. The maximum absolute atomic E-state index is 13.7. The molecule has 128 valence electrons. The maximum atomic E-state index is 13.7. The van der Waals surface area contributed by atoms with Gasteiger partial charge < -0.3 is 15.5 Å². The number of hydrogen-bond acceptors (Lipinski definition) is 2. The highest BCUT2D eigenvalue weighted by Gasteiger charge is 2.05. The van der Waals surface area contributed by atoms with Gasteiger partial charge in [-0.1, -0.05) is 42.5 Å². The molecule has 0 fully saturated rings. The van der Waals surface area contributed by atoms with Crippen molar-refractivity contribution < 1.29 is 4.39 Å². The molecule has 0 heterocycles. The van der Waals surface area contributed by atoms with E-state index in [0.29, 0.717) is 24.6 Å². The number of benzene rings is 2. The predicted octanol–water partition coefficient (Wildman–Crippen LogP) is 2.75. The monoisotopic (exact) mass is 328 g/mol. The van der Waals surface area contributed by atoms with Gasteiger partial charge >= 0.3 is 0 Å². The van der Waals surface area contributed by atoms with Crippen LogP contribution in [-0.4, -0.2) is 32.0 Å². The molecule has 2 aromatic carbocycles. The maximum Gasteiger partial charge on any atom is 0.191 e. The second-order valence-electron chi connectivity index (χ2n) is 5.88. The third kappa shape index (κ3) is 5.35. The summed E-state index contributed by atoms with van der Waals surface area (Å²) in [4.78, 5) is 6.34. The van der Waals surface area contributed by atoms with Gasteiger partial charge in [0.05, 0.1) is 0 Å². The molecule has 0 spiro atoms. The fourth-order valence-electron chi connectivity index (χ4n) is 2.45. The van der Waals surface area contributed by atoms with Crippen molar-refractivity contribution in [1.29, 1.82) is 0 Å². The highest BCUT2D eigenvalue weighted by Crippen LogP contribution is 2.10. The Hall–Kier alpha value is -2.40. The summed E-state index contributed by atoms with van der Waals surface area (Å²) in [7, 11) is 5.82. The first-order valence-electron chi connectivity index (χ1n) is 7.99. The lowest BCUT2D eigenvalue weighted by Gasteiger charge is -2.16. The van der Waals surface area contributed by atoms with Crippen LogP contribution in [0.15, 0.2) is 53.5 Å². The Morgan fingerprint density at radius 1 is 0.917 bits per heavy atom. The number of nitrogens with one attached hydrogen (secondary N) is 2. The molecule has 0 bridgehead atoms. The van der Waals surface area contributed by atoms with Crippen LogP contribution >= 0.6 is 0 Å². The highest BCUT2D eigenvalue weighted by molar-refractivity contribution is 5.79. The van der Waals surface area contributed by atoms with Crippen molar-refractivity contribution in [2.45, 2.75) is 19.6 Å². The van der Waals surface area contributed by atoms with E-state index in [1.165, 1.54) is 17.2 Å². The van der Waals surface area contributed by atoms with Crippen molar-refractivity contribution >= 4 is 5.96 Å². The molecule has 0 saturated heterocycles. The van der Waals surface area contributed by atoms with Crippen LogP contribution in [0.5, 0.6) is 0 Å². The fourth-order valence-corrected chi connectivity index (χ4v) is 2.45. The van der Waals surface area contributed by atoms with Gasteiger partial charge in [-0.3, -0.25) is 4.99 Å². The summed E-state index contributed by atoms with van der Waals surface area (Å²) in [6, 6.07) is 15.1. The van der Waals surface area contributed by atoms with Crippen molar-refractivity contribution in [2.75, 3.05) is 21.1 Å². The van der Waals surface area contributed by atoms with Crippen LogP contribution < -0.4 is 10.6 Å². The topological polar surface area (TPSA) is 39.7 Å². The van der Waals surface area contributed by atoms with Gasteiger partial charge in [0.2, 0.25) is 0 Å². The van der Waals surface area contributed by atoms with Crippen molar-refractivity contribution in [2.24, 2.45) is 4.99 Å². The first kappa shape index (κ1) is 17.9. The Kier molecular flexibility index (Phi) is 6.75. The molecule has 2 aromatic rings. The number of guanidine groups is 1. The molecular formula is C19H25FN4. The predicted molar refractivity (Wildman–Crippen MR) is 97.3 cm³/mol. The molecule has 0 aromatic heterocycles. The van der Waals surface area contributed by atoms with Gasteiger partial charge in [-0.25, -0.2) is 4.39 Å². The zero-order valence-corrected chi connectivity index (χ0v) is 14.5. The molecule has 0 saturated carbocycles. The summed E-state index contributed by atoms with van der Waals surface area (Å²) in [5.41, 5.74) is 3.12. The van der Waals surface area contributed by atoms with Crippen LogP contribution in [0.3, 0.4) is 0 Å². The van der Waals surface area contributed by atoms with E-state index in [4.69, 9.17) is 0 Å². The van der Waals surface area contributed by atoms with Gasteiger partial charge in [0, 0.05) is 32.2 Å². The first-order chi connectivity index (χ1) is 11.6.